The Morgan fingerprint density at radius 2 is 1.79 bits per heavy atom. The highest BCUT2D eigenvalue weighted by Crippen LogP contribution is 2.26. The summed E-state index contributed by atoms with van der Waals surface area (Å²) in [5.74, 6) is 0.765. The van der Waals surface area contributed by atoms with Crippen molar-refractivity contribution in [3.05, 3.63) is 89.8 Å². The summed E-state index contributed by atoms with van der Waals surface area (Å²) in [6.45, 7) is 2.09. The summed E-state index contributed by atoms with van der Waals surface area (Å²) in [6, 6.07) is 20.2. The average Bonchev–Trinajstić information content (AvgIpc) is 3.24. The normalized spacial score (nSPS) is 11.0. The Morgan fingerprint density at radius 1 is 1.00 bits per heavy atom. The zero-order chi connectivity index (χ0) is 16.5. The lowest BCUT2D eigenvalue weighted by molar-refractivity contribution is 0.543. The zero-order valence-electron chi connectivity index (χ0n) is 13.5. The average molecular weight is 314 g/mol. The fourth-order valence-electron chi connectivity index (χ4n) is 3.10. The molecule has 0 fully saturated rings. The van der Waals surface area contributed by atoms with Gasteiger partial charge in [0.25, 0.3) is 0 Å². The maximum atomic E-state index is 8.64. The van der Waals surface area contributed by atoms with E-state index in [-0.39, 0.29) is 0 Å². The lowest BCUT2D eigenvalue weighted by atomic mass is 9.99. The molecule has 0 aliphatic heterocycles. The summed E-state index contributed by atoms with van der Waals surface area (Å²) >= 11 is 0. The SMILES string of the molecule is Cc1ccccc1CC(=N)c1cn(-c2ccco2)c2ccccc12. The van der Waals surface area contributed by atoms with Crippen molar-refractivity contribution in [1.82, 2.24) is 4.57 Å². The molecule has 1 N–H and O–H groups in total. The standard InChI is InChI=1S/C21H18N2O/c1-15-7-2-3-8-16(15)13-19(22)18-14-23(21-11-6-12-24-21)20-10-5-4-9-17(18)20/h2-12,14,22H,13H2,1H3. The van der Waals surface area contributed by atoms with Crippen LogP contribution in [-0.2, 0) is 6.42 Å². The third kappa shape index (κ3) is 2.44. The van der Waals surface area contributed by atoms with Crippen molar-refractivity contribution >= 4 is 16.6 Å². The van der Waals surface area contributed by atoms with Gasteiger partial charge in [-0.15, -0.1) is 0 Å². The van der Waals surface area contributed by atoms with E-state index in [0.717, 1.165) is 22.4 Å². The minimum absolute atomic E-state index is 0.616. The van der Waals surface area contributed by atoms with Gasteiger partial charge in [0.2, 0.25) is 5.88 Å². The molecule has 0 saturated heterocycles. The molecule has 2 aromatic heterocycles. The van der Waals surface area contributed by atoms with Crippen molar-refractivity contribution in [1.29, 1.82) is 5.41 Å². The molecule has 0 amide bonds. The topological polar surface area (TPSA) is 41.9 Å². The fourth-order valence-corrected chi connectivity index (χ4v) is 3.10. The van der Waals surface area contributed by atoms with Gasteiger partial charge in [-0.3, -0.25) is 4.57 Å². The molecule has 0 saturated carbocycles. The van der Waals surface area contributed by atoms with Gasteiger partial charge in [0.1, 0.15) is 0 Å². The lowest BCUT2D eigenvalue weighted by Gasteiger charge is -2.06. The largest absolute Gasteiger partial charge is 0.448 e. The first-order valence-electron chi connectivity index (χ1n) is 8.00. The van der Waals surface area contributed by atoms with Crippen LogP contribution in [-0.4, -0.2) is 10.3 Å². The molecule has 118 valence electrons. The highest BCUT2D eigenvalue weighted by Gasteiger charge is 2.15. The first-order chi connectivity index (χ1) is 11.7. The molecule has 3 nitrogen and oxygen atoms in total. The maximum Gasteiger partial charge on any atom is 0.203 e. The predicted octanol–water partition coefficient (Wildman–Crippen LogP) is 5.14. The van der Waals surface area contributed by atoms with Gasteiger partial charge in [-0.25, -0.2) is 0 Å². The Hall–Kier alpha value is -3.07. The molecule has 0 aliphatic carbocycles. The van der Waals surface area contributed by atoms with E-state index >= 15 is 0 Å². The molecule has 0 bridgehead atoms. The van der Waals surface area contributed by atoms with Crippen LogP contribution in [0.15, 0.2) is 77.5 Å². The number of para-hydroxylation sites is 1. The van der Waals surface area contributed by atoms with Crippen LogP contribution in [0.2, 0.25) is 0 Å². The van der Waals surface area contributed by atoms with Gasteiger partial charge in [0, 0.05) is 35.3 Å². The van der Waals surface area contributed by atoms with Crippen molar-refractivity contribution < 1.29 is 4.42 Å². The van der Waals surface area contributed by atoms with Gasteiger partial charge in [0.05, 0.1) is 11.8 Å². The Balaban J connectivity index is 1.80. The van der Waals surface area contributed by atoms with Crippen LogP contribution in [0.3, 0.4) is 0 Å². The highest BCUT2D eigenvalue weighted by atomic mass is 16.3. The minimum atomic E-state index is 0.616. The van der Waals surface area contributed by atoms with Gasteiger partial charge in [0.15, 0.2) is 0 Å². The van der Waals surface area contributed by atoms with Crippen LogP contribution in [0.5, 0.6) is 0 Å². The van der Waals surface area contributed by atoms with Crippen LogP contribution in [0.25, 0.3) is 16.8 Å². The lowest BCUT2D eigenvalue weighted by Crippen LogP contribution is -2.04. The van der Waals surface area contributed by atoms with Gasteiger partial charge in [-0.05, 0) is 30.2 Å². The van der Waals surface area contributed by atoms with E-state index in [0.29, 0.717) is 12.1 Å². The third-order valence-corrected chi connectivity index (χ3v) is 4.41. The highest BCUT2D eigenvalue weighted by molar-refractivity contribution is 6.10. The van der Waals surface area contributed by atoms with Crippen molar-refractivity contribution in [2.75, 3.05) is 0 Å². The molecule has 0 spiro atoms. The Labute approximate surface area is 140 Å². The summed E-state index contributed by atoms with van der Waals surface area (Å²) in [7, 11) is 0. The van der Waals surface area contributed by atoms with Crippen LogP contribution < -0.4 is 0 Å². The molecule has 4 aromatic rings. The van der Waals surface area contributed by atoms with E-state index < -0.39 is 0 Å². The summed E-state index contributed by atoms with van der Waals surface area (Å²) in [5, 5.41) is 9.72. The van der Waals surface area contributed by atoms with Gasteiger partial charge in [-0.2, -0.15) is 0 Å². The Bertz CT molecular complexity index is 1010. The molecule has 4 rings (SSSR count). The fraction of sp³-hybridized carbons (Fsp3) is 0.0952. The number of hydrogen-bond acceptors (Lipinski definition) is 2. The van der Waals surface area contributed by atoms with Crippen LogP contribution >= 0.6 is 0 Å². The number of fused-ring (bicyclic) bond motifs is 1. The van der Waals surface area contributed by atoms with Crippen molar-refractivity contribution in [3.8, 4) is 5.88 Å². The van der Waals surface area contributed by atoms with E-state index in [2.05, 4.69) is 31.2 Å². The smallest absolute Gasteiger partial charge is 0.203 e. The zero-order valence-corrected chi connectivity index (χ0v) is 13.5. The monoisotopic (exact) mass is 314 g/mol. The number of nitrogens with zero attached hydrogens (tertiary/aromatic N) is 1. The molecular weight excluding hydrogens is 296 g/mol. The van der Waals surface area contributed by atoms with Crippen LogP contribution in [0.4, 0.5) is 0 Å². The summed E-state index contributed by atoms with van der Waals surface area (Å²) < 4.78 is 7.56. The van der Waals surface area contributed by atoms with E-state index in [9.17, 15) is 0 Å². The first-order valence-corrected chi connectivity index (χ1v) is 8.00. The second kappa shape index (κ2) is 5.85. The van der Waals surface area contributed by atoms with Crippen molar-refractivity contribution in [2.45, 2.75) is 13.3 Å². The molecule has 24 heavy (non-hydrogen) atoms. The quantitative estimate of drug-likeness (QED) is 0.520. The van der Waals surface area contributed by atoms with Gasteiger partial charge in [-0.1, -0.05) is 42.5 Å². The first kappa shape index (κ1) is 14.5. The predicted molar refractivity (Wildman–Crippen MR) is 97.3 cm³/mol. The second-order valence-electron chi connectivity index (χ2n) is 5.96. The van der Waals surface area contributed by atoms with E-state index in [1.54, 1.807) is 6.26 Å². The van der Waals surface area contributed by atoms with Crippen LogP contribution in [0.1, 0.15) is 16.7 Å². The molecule has 0 atom stereocenters. The van der Waals surface area contributed by atoms with Gasteiger partial charge < -0.3 is 9.83 Å². The number of nitrogens with one attached hydrogen (secondary N) is 1. The van der Waals surface area contributed by atoms with Crippen molar-refractivity contribution in [3.63, 3.8) is 0 Å². The van der Waals surface area contributed by atoms with Crippen LogP contribution in [0, 0.1) is 12.3 Å². The third-order valence-electron chi connectivity index (χ3n) is 4.41. The second-order valence-corrected chi connectivity index (χ2v) is 5.96. The minimum Gasteiger partial charge on any atom is -0.448 e. The number of furan rings is 1. The molecule has 0 unspecified atom stereocenters. The van der Waals surface area contributed by atoms with Gasteiger partial charge >= 0.3 is 0 Å². The van der Waals surface area contributed by atoms with E-state index in [1.165, 1.54) is 11.1 Å². The number of rotatable bonds is 4. The summed E-state index contributed by atoms with van der Waals surface area (Å²) in [4.78, 5) is 0. The number of aryl methyl sites for hydroxylation is 1. The number of hydrogen-bond donors (Lipinski definition) is 1. The van der Waals surface area contributed by atoms with Crippen molar-refractivity contribution in [2.24, 2.45) is 0 Å². The number of benzene rings is 2. The summed E-state index contributed by atoms with van der Waals surface area (Å²) in [5.41, 5.74) is 5.03. The molecule has 2 aromatic carbocycles. The molecule has 2 heterocycles. The van der Waals surface area contributed by atoms with E-state index in [4.69, 9.17) is 9.83 Å². The van der Waals surface area contributed by atoms with E-state index in [1.807, 2.05) is 47.2 Å². The Morgan fingerprint density at radius 3 is 2.58 bits per heavy atom. The molecular formula is C21H18N2O. The number of aromatic nitrogens is 1. The summed E-state index contributed by atoms with van der Waals surface area (Å²) in [6.07, 6.45) is 4.30. The molecule has 0 aliphatic rings. The molecule has 3 heteroatoms. The maximum absolute atomic E-state index is 8.64. The molecule has 0 radical (unpaired) electrons. The Kier molecular flexibility index (Phi) is 3.54.